The topological polar surface area (TPSA) is 88.6 Å². The average molecular weight is 548 g/mol. The Kier molecular flexibility index (Phi) is 9.74. The summed E-state index contributed by atoms with van der Waals surface area (Å²) in [4.78, 5) is 44.3. The second-order valence-corrected chi connectivity index (χ2v) is 10.6. The maximum Gasteiger partial charge on any atom is 0.392 e. The number of pyridine rings is 1. The molecule has 39 heavy (non-hydrogen) atoms. The normalized spacial score (nSPS) is 17.6. The van der Waals surface area contributed by atoms with Gasteiger partial charge in [0.25, 0.3) is 0 Å². The number of ether oxygens (including phenoxy) is 1. The number of piperidine rings is 1. The van der Waals surface area contributed by atoms with Crippen LogP contribution in [0.2, 0.25) is 0 Å². The van der Waals surface area contributed by atoms with E-state index in [0.717, 1.165) is 22.3 Å². The van der Waals surface area contributed by atoms with Gasteiger partial charge in [0.2, 0.25) is 11.8 Å². The van der Waals surface area contributed by atoms with Crippen molar-refractivity contribution in [1.29, 1.82) is 0 Å². The Morgan fingerprint density at radius 2 is 1.85 bits per heavy atom. The molecule has 0 aliphatic carbocycles. The van der Waals surface area contributed by atoms with Crippen LogP contribution >= 0.6 is 0 Å². The Bertz CT molecular complexity index is 1180. The van der Waals surface area contributed by atoms with Crippen LogP contribution in [0.1, 0.15) is 62.3 Å². The molecule has 0 radical (unpaired) electrons. The summed E-state index contributed by atoms with van der Waals surface area (Å²) in [5.41, 5.74) is 4.46. The molecule has 2 aromatic rings. The van der Waals surface area contributed by atoms with Gasteiger partial charge in [-0.3, -0.25) is 19.4 Å². The Labute approximate surface area is 227 Å². The molecule has 7 nitrogen and oxygen atoms in total. The first-order valence-electron chi connectivity index (χ1n) is 13.1. The lowest BCUT2D eigenvalue weighted by Gasteiger charge is -2.38. The summed E-state index contributed by atoms with van der Waals surface area (Å²) in [6.07, 6.45) is -2.05. The zero-order valence-electron chi connectivity index (χ0n) is 23.0. The zero-order valence-corrected chi connectivity index (χ0v) is 23.0. The third-order valence-corrected chi connectivity index (χ3v) is 7.14. The highest BCUT2D eigenvalue weighted by molar-refractivity contribution is 5.89. The number of nitrogens with zero attached hydrogens (tertiary/aromatic N) is 2. The number of methoxy groups -OCH3 is 1. The molecule has 3 rings (SSSR count). The summed E-state index contributed by atoms with van der Waals surface area (Å²) in [6.45, 7) is 7.55. The fraction of sp³-hybridized carbons (Fsp3) is 0.517. The van der Waals surface area contributed by atoms with E-state index in [9.17, 15) is 27.6 Å². The summed E-state index contributed by atoms with van der Waals surface area (Å²) in [5.74, 6) is -3.52. The van der Waals surface area contributed by atoms with E-state index in [2.05, 4.69) is 10.3 Å². The molecule has 1 aromatic heterocycles. The molecular weight excluding hydrogens is 511 g/mol. The summed E-state index contributed by atoms with van der Waals surface area (Å²) in [6, 6.07) is 5.99. The molecule has 2 amide bonds. The molecule has 0 bridgehead atoms. The van der Waals surface area contributed by atoms with Crippen LogP contribution in [0.5, 0.6) is 0 Å². The van der Waals surface area contributed by atoms with Crippen LogP contribution in [0.3, 0.4) is 0 Å². The van der Waals surface area contributed by atoms with E-state index in [4.69, 9.17) is 4.74 Å². The molecule has 0 spiro atoms. The molecule has 10 heteroatoms. The first-order chi connectivity index (χ1) is 18.3. The van der Waals surface area contributed by atoms with Crippen molar-refractivity contribution in [2.24, 2.45) is 11.8 Å². The summed E-state index contributed by atoms with van der Waals surface area (Å²) in [5, 5.41) is 2.88. The highest BCUT2D eigenvalue weighted by atomic mass is 19.4. The predicted octanol–water partition coefficient (Wildman–Crippen LogP) is 5.30. The van der Waals surface area contributed by atoms with Gasteiger partial charge in [-0.1, -0.05) is 32.0 Å². The molecule has 1 aliphatic rings. The second-order valence-electron chi connectivity index (χ2n) is 10.6. The van der Waals surface area contributed by atoms with Crippen molar-refractivity contribution in [3.63, 3.8) is 0 Å². The van der Waals surface area contributed by atoms with Gasteiger partial charge in [0.1, 0.15) is 6.04 Å². The quantitative estimate of drug-likeness (QED) is 0.431. The fourth-order valence-corrected chi connectivity index (χ4v) is 5.11. The number of benzene rings is 1. The van der Waals surface area contributed by atoms with Crippen molar-refractivity contribution in [2.75, 3.05) is 13.7 Å². The molecule has 2 heterocycles. The van der Waals surface area contributed by atoms with Gasteiger partial charge in [0.15, 0.2) is 0 Å². The highest BCUT2D eigenvalue weighted by Crippen LogP contribution is 2.36. The van der Waals surface area contributed by atoms with Crippen molar-refractivity contribution in [3.8, 4) is 11.1 Å². The van der Waals surface area contributed by atoms with Crippen molar-refractivity contribution < 1.29 is 32.3 Å². The van der Waals surface area contributed by atoms with Gasteiger partial charge in [0, 0.05) is 30.9 Å². The highest BCUT2D eigenvalue weighted by Gasteiger charge is 2.46. The van der Waals surface area contributed by atoms with E-state index in [1.807, 2.05) is 52.0 Å². The molecule has 1 aromatic carbocycles. The van der Waals surface area contributed by atoms with Crippen LogP contribution in [0.4, 0.5) is 13.2 Å². The van der Waals surface area contributed by atoms with Gasteiger partial charge >= 0.3 is 12.1 Å². The lowest BCUT2D eigenvalue weighted by molar-refractivity contribution is -0.191. The van der Waals surface area contributed by atoms with Crippen LogP contribution < -0.4 is 5.32 Å². The number of alkyl halides is 3. The van der Waals surface area contributed by atoms with Gasteiger partial charge in [-0.25, -0.2) is 0 Å². The van der Waals surface area contributed by atoms with Crippen molar-refractivity contribution >= 4 is 17.8 Å². The molecule has 1 saturated heterocycles. The molecule has 3 atom stereocenters. The molecule has 1 unspecified atom stereocenters. The molecular formula is C29H36F3N3O4. The number of carbonyl (C=O) groups excluding carboxylic acids is 3. The Hall–Kier alpha value is -3.43. The summed E-state index contributed by atoms with van der Waals surface area (Å²) < 4.78 is 44.6. The number of hydrogen-bond donors (Lipinski definition) is 1. The number of rotatable bonds is 9. The summed E-state index contributed by atoms with van der Waals surface area (Å²) >= 11 is 0. The predicted molar refractivity (Wildman–Crippen MR) is 140 cm³/mol. The van der Waals surface area contributed by atoms with E-state index in [-0.39, 0.29) is 31.7 Å². The maximum atomic E-state index is 13.6. The molecule has 212 valence electrons. The number of carbonyl (C=O) groups is 3. The van der Waals surface area contributed by atoms with Crippen LogP contribution in [-0.2, 0) is 19.1 Å². The number of aromatic nitrogens is 1. The average Bonchev–Trinajstić information content (AvgIpc) is 2.86. The SMILES string of the molecule is COC(=O)C[C@H](NC(=O)[C@H](CC(C)C)N1CCC(C(F)(F)F)CC1=O)c1cncc(-c2c(C)cccc2C)c1. The van der Waals surface area contributed by atoms with Crippen molar-refractivity contribution in [1.82, 2.24) is 15.2 Å². The standard InChI is InChI=1S/C29H36F3N3O4/c1-17(2)11-24(35-10-9-22(13-25(35)36)29(30,31)32)28(38)34-23(14-26(37)39-5)20-12-21(16-33-15-20)27-18(3)7-6-8-19(27)4/h6-8,12,15-17,22-24H,9-11,13-14H2,1-5H3,(H,34,38)/t22?,23-,24-/m0/s1. The minimum atomic E-state index is -4.46. The number of aryl methyl sites for hydroxylation is 2. The number of hydrogen-bond acceptors (Lipinski definition) is 5. The number of esters is 1. The Morgan fingerprint density at radius 1 is 1.18 bits per heavy atom. The first-order valence-corrected chi connectivity index (χ1v) is 13.1. The van der Waals surface area contributed by atoms with E-state index < -0.39 is 48.4 Å². The van der Waals surface area contributed by atoms with Gasteiger partial charge in [-0.15, -0.1) is 0 Å². The van der Waals surface area contributed by atoms with E-state index in [1.165, 1.54) is 12.0 Å². The number of nitrogens with one attached hydrogen (secondary N) is 1. The molecule has 0 saturated carbocycles. The second kappa shape index (κ2) is 12.6. The smallest absolute Gasteiger partial charge is 0.392 e. The van der Waals surface area contributed by atoms with Crippen molar-refractivity contribution in [3.05, 3.63) is 53.3 Å². The van der Waals surface area contributed by atoms with Crippen LogP contribution in [0.25, 0.3) is 11.1 Å². The van der Waals surface area contributed by atoms with Crippen molar-refractivity contribution in [2.45, 2.75) is 71.6 Å². The third-order valence-electron chi connectivity index (χ3n) is 7.14. The van der Waals surface area contributed by atoms with Gasteiger partial charge < -0.3 is 15.0 Å². The van der Waals surface area contributed by atoms with Crippen LogP contribution in [-0.4, -0.2) is 53.5 Å². The summed E-state index contributed by atoms with van der Waals surface area (Å²) in [7, 11) is 1.25. The Balaban J connectivity index is 1.91. The van der Waals surface area contributed by atoms with Crippen LogP contribution in [0.15, 0.2) is 36.7 Å². The van der Waals surface area contributed by atoms with Gasteiger partial charge in [0.05, 0.1) is 25.5 Å². The monoisotopic (exact) mass is 547 g/mol. The molecule has 1 aliphatic heterocycles. The van der Waals surface area contributed by atoms with E-state index in [1.54, 1.807) is 12.4 Å². The molecule has 1 N–H and O–H groups in total. The van der Waals surface area contributed by atoms with E-state index in [0.29, 0.717) is 5.56 Å². The molecule has 1 fully saturated rings. The fourth-order valence-electron chi connectivity index (χ4n) is 5.11. The van der Waals surface area contributed by atoms with E-state index >= 15 is 0 Å². The first kappa shape index (κ1) is 30.1. The van der Waals surface area contributed by atoms with Crippen LogP contribution in [0, 0.1) is 25.7 Å². The lowest BCUT2D eigenvalue weighted by atomic mass is 9.92. The number of halogens is 3. The largest absolute Gasteiger partial charge is 0.469 e. The minimum absolute atomic E-state index is 0.0121. The third kappa shape index (κ3) is 7.58. The lowest BCUT2D eigenvalue weighted by Crippen LogP contribution is -2.54. The Morgan fingerprint density at radius 3 is 2.41 bits per heavy atom. The number of amides is 2. The zero-order chi connectivity index (χ0) is 28.9. The number of likely N-dealkylation sites (tertiary alicyclic amines) is 1. The maximum absolute atomic E-state index is 13.6. The van der Waals surface area contributed by atoms with Gasteiger partial charge in [-0.05, 0) is 60.9 Å². The van der Waals surface area contributed by atoms with Gasteiger partial charge in [-0.2, -0.15) is 13.2 Å². The minimum Gasteiger partial charge on any atom is -0.469 e.